The highest BCUT2D eigenvalue weighted by Crippen LogP contribution is 2.28. The van der Waals surface area contributed by atoms with Gasteiger partial charge in [0.25, 0.3) is 5.88 Å². The first-order valence-corrected chi connectivity index (χ1v) is 6.79. The molecule has 2 aromatic rings. The zero-order valence-corrected chi connectivity index (χ0v) is 12.9. The number of aromatic hydroxyl groups is 1. The summed E-state index contributed by atoms with van der Waals surface area (Å²) in [5.41, 5.74) is -1.44. The van der Waals surface area contributed by atoms with Gasteiger partial charge < -0.3 is 19.6 Å². The maximum atomic E-state index is 11.6. The van der Waals surface area contributed by atoms with E-state index in [1.165, 1.54) is 13.2 Å². The van der Waals surface area contributed by atoms with Crippen molar-refractivity contribution in [3.63, 3.8) is 0 Å². The van der Waals surface area contributed by atoms with Crippen LogP contribution in [0.5, 0.6) is 17.4 Å². The second-order valence-electron chi connectivity index (χ2n) is 4.57. The van der Waals surface area contributed by atoms with Gasteiger partial charge in [-0.3, -0.25) is 14.9 Å². The first-order chi connectivity index (χ1) is 12.0. The van der Waals surface area contributed by atoms with Crippen LogP contribution in [-0.4, -0.2) is 33.7 Å². The van der Waals surface area contributed by atoms with Crippen LogP contribution in [0.25, 0.3) is 12.2 Å². The highest BCUT2D eigenvalue weighted by molar-refractivity contribution is 5.68. The van der Waals surface area contributed by atoms with Crippen LogP contribution in [-0.2, 0) is 0 Å². The van der Waals surface area contributed by atoms with E-state index in [0.717, 1.165) is 0 Å². The van der Waals surface area contributed by atoms with Crippen LogP contribution in [0.2, 0.25) is 0 Å². The number of methoxy groups -OCH3 is 1. The average molecular weight is 344 g/mol. The lowest BCUT2D eigenvalue weighted by Gasteiger charge is -2.08. The molecule has 0 spiro atoms. The molecular formula is C15H12N4O6. The second-order valence-corrected chi connectivity index (χ2v) is 4.57. The SMILES string of the molecule is COc1cc(/C=C/c2nc(O)c([N+](=O)[O-])c(=O)[nH]2)ccc1OCC#N. The number of benzene rings is 1. The summed E-state index contributed by atoms with van der Waals surface area (Å²) in [6, 6.07) is 6.72. The fourth-order valence-electron chi connectivity index (χ4n) is 1.91. The molecule has 10 nitrogen and oxygen atoms in total. The lowest BCUT2D eigenvalue weighted by molar-refractivity contribution is -0.387. The summed E-state index contributed by atoms with van der Waals surface area (Å²) in [5.74, 6) is -0.241. The Bertz CT molecular complexity index is 929. The Kier molecular flexibility index (Phi) is 5.32. The van der Waals surface area contributed by atoms with E-state index < -0.39 is 22.0 Å². The quantitative estimate of drug-likeness (QED) is 0.590. The van der Waals surface area contributed by atoms with E-state index in [2.05, 4.69) is 9.97 Å². The number of rotatable bonds is 6. The van der Waals surface area contributed by atoms with Gasteiger partial charge in [0.2, 0.25) is 0 Å². The van der Waals surface area contributed by atoms with Crippen LogP contribution in [0.3, 0.4) is 0 Å². The van der Waals surface area contributed by atoms with E-state index in [9.17, 15) is 20.0 Å². The van der Waals surface area contributed by atoms with Crippen molar-refractivity contribution < 1.29 is 19.5 Å². The highest BCUT2D eigenvalue weighted by atomic mass is 16.6. The number of nitrogens with one attached hydrogen (secondary N) is 1. The van der Waals surface area contributed by atoms with E-state index in [4.69, 9.17) is 14.7 Å². The molecule has 1 aromatic heterocycles. The van der Waals surface area contributed by atoms with E-state index in [1.54, 1.807) is 24.3 Å². The molecule has 2 rings (SSSR count). The summed E-state index contributed by atoms with van der Waals surface area (Å²) in [7, 11) is 1.44. The largest absolute Gasteiger partial charge is 0.493 e. The summed E-state index contributed by atoms with van der Waals surface area (Å²) >= 11 is 0. The van der Waals surface area contributed by atoms with E-state index in [-0.39, 0.29) is 12.4 Å². The molecule has 0 bridgehead atoms. The first kappa shape index (κ1) is 17.5. The van der Waals surface area contributed by atoms with Gasteiger partial charge >= 0.3 is 11.2 Å². The third-order valence-corrected chi connectivity index (χ3v) is 2.99. The summed E-state index contributed by atoms with van der Waals surface area (Å²) in [5, 5.41) is 28.6. The molecule has 0 aliphatic rings. The number of hydrogen-bond acceptors (Lipinski definition) is 8. The molecule has 0 saturated carbocycles. The molecule has 0 atom stereocenters. The molecule has 1 aromatic carbocycles. The second kappa shape index (κ2) is 7.60. The Hall–Kier alpha value is -3.87. The maximum Gasteiger partial charge on any atom is 0.395 e. The molecule has 128 valence electrons. The molecule has 25 heavy (non-hydrogen) atoms. The van der Waals surface area contributed by atoms with E-state index in [0.29, 0.717) is 17.1 Å². The van der Waals surface area contributed by atoms with Crippen molar-refractivity contribution in [3.8, 4) is 23.4 Å². The smallest absolute Gasteiger partial charge is 0.395 e. The molecular weight excluding hydrogens is 332 g/mol. The van der Waals surface area contributed by atoms with Crippen molar-refractivity contribution in [1.82, 2.24) is 9.97 Å². The van der Waals surface area contributed by atoms with E-state index >= 15 is 0 Å². The van der Waals surface area contributed by atoms with Crippen LogP contribution < -0.4 is 15.0 Å². The number of hydrogen-bond donors (Lipinski definition) is 2. The van der Waals surface area contributed by atoms with Gasteiger partial charge in [-0.2, -0.15) is 10.2 Å². The summed E-state index contributed by atoms with van der Waals surface area (Å²) in [4.78, 5) is 26.9. The van der Waals surface area contributed by atoms with Crippen molar-refractivity contribution in [2.75, 3.05) is 13.7 Å². The third kappa shape index (κ3) is 4.11. The number of ether oxygens (including phenoxy) is 2. The Morgan fingerprint density at radius 2 is 2.20 bits per heavy atom. The van der Waals surface area contributed by atoms with Gasteiger partial charge in [-0.15, -0.1) is 0 Å². The molecule has 0 fully saturated rings. The number of nitrogens with zero attached hydrogens (tertiary/aromatic N) is 3. The minimum absolute atomic E-state index is 0.0585. The molecule has 0 amide bonds. The van der Waals surface area contributed by atoms with Crippen molar-refractivity contribution in [2.45, 2.75) is 0 Å². The monoisotopic (exact) mass is 344 g/mol. The number of H-pyrrole nitrogens is 1. The molecule has 10 heteroatoms. The Morgan fingerprint density at radius 3 is 2.80 bits per heavy atom. The average Bonchev–Trinajstić information content (AvgIpc) is 2.57. The van der Waals surface area contributed by atoms with Crippen LogP contribution in [0.4, 0.5) is 5.69 Å². The molecule has 0 aliphatic carbocycles. The minimum Gasteiger partial charge on any atom is -0.493 e. The molecule has 0 saturated heterocycles. The Morgan fingerprint density at radius 1 is 1.44 bits per heavy atom. The minimum atomic E-state index is -1.06. The highest BCUT2D eigenvalue weighted by Gasteiger charge is 2.21. The van der Waals surface area contributed by atoms with Gasteiger partial charge in [0.1, 0.15) is 11.9 Å². The number of nitriles is 1. The Labute approximate surface area is 140 Å². The van der Waals surface area contributed by atoms with Crippen LogP contribution >= 0.6 is 0 Å². The van der Waals surface area contributed by atoms with Crippen LogP contribution in [0, 0.1) is 21.4 Å². The fourth-order valence-corrected chi connectivity index (χ4v) is 1.91. The summed E-state index contributed by atoms with van der Waals surface area (Å²) in [6.45, 7) is -0.126. The molecule has 0 aliphatic heterocycles. The zero-order chi connectivity index (χ0) is 18.4. The Balaban J connectivity index is 2.29. The first-order valence-electron chi connectivity index (χ1n) is 6.79. The van der Waals surface area contributed by atoms with Gasteiger partial charge in [0.05, 0.1) is 12.0 Å². The van der Waals surface area contributed by atoms with Gasteiger partial charge in [-0.1, -0.05) is 12.1 Å². The fraction of sp³-hybridized carbons (Fsp3) is 0.133. The molecule has 0 unspecified atom stereocenters. The molecule has 2 N–H and O–H groups in total. The van der Waals surface area contributed by atoms with E-state index in [1.807, 2.05) is 6.07 Å². The number of aromatic amines is 1. The topological polar surface area (TPSA) is 151 Å². The van der Waals surface area contributed by atoms with Crippen molar-refractivity contribution in [1.29, 1.82) is 5.26 Å². The van der Waals surface area contributed by atoms with Crippen LogP contribution in [0.1, 0.15) is 11.4 Å². The zero-order valence-electron chi connectivity index (χ0n) is 12.9. The predicted molar refractivity (Wildman–Crippen MR) is 86.2 cm³/mol. The van der Waals surface area contributed by atoms with Gasteiger partial charge in [-0.25, -0.2) is 0 Å². The standard InChI is InChI=1S/C15H12N4O6/c1-24-11-8-9(2-4-10(11)25-7-6-16)3-5-12-17-14(20)13(19(22)23)15(21)18-12/h2-5,8H,7H2,1H3,(H2,17,18,20,21)/b5-3+. The molecule has 1 heterocycles. The summed E-state index contributed by atoms with van der Waals surface area (Å²) in [6.07, 6.45) is 2.90. The normalized spacial score (nSPS) is 10.4. The van der Waals surface area contributed by atoms with Crippen molar-refractivity contribution >= 4 is 17.8 Å². The predicted octanol–water partition coefficient (Wildman–Crippen LogP) is 1.47. The number of nitro groups is 1. The summed E-state index contributed by atoms with van der Waals surface area (Å²) < 4.78 is 10.4. The maximum absolute atomic E-state index is 11.6. The molecule has 0 radical (unpaired) electrons. The van der Waals surface area contributed by atoms with Gasteiger partial charge in [0, 0.05) is 0 Å². The van der Waals surface area contributed by atoms with Crippen molar-refractivity contribution in [2.24, 2.45) is 0 Å². The van der Waals surface area contributed by atoms with Gasteiger partial charge in [0.15, 0.2) is 18.1 Å². The van der Waals surface area contributed by atoms with Crippen molar-refractivity contribution in [3.05, 3.63) is 50.1 Å². The lowest BCUT2D eigenvalue weighted by Crippen LogP contribution is -2.14. The van der Waals surface area contributed by atoms with Crippen LogP contribution in [0.15, 0.2) is 23.0 Å². The van der Waals surface area contributed by atoms with Gasteiger partial charge in [-0.05, 0) is 23.8 Å². The number of aromatic nitrogens is 2. The lowest BCUT2D eigenvalue weighted by atomic mass is 10.2. The third-order valence-electron chi connectivity index (χ3n) is 2.99.